The first-order chi connectivity index (χ1) is 13.7. The Kier molecular flexibility index (Phi) is 5.91. The highest BCUT2D eigenvalue weighted by Crippen LogP contribution is 2.27. The predicted octanol–water partition coefficient (Wildman–Crippen LogP) is 4.01. The Morgan fingerprint density at radius 3 is 2.57 bits per heavy atom. The Morgan fingerprint density at radius 2 is 1.89 bits per heavy atom. The number of hydrogen-bond acceptors (Lipinski definition) is 4. The molecule has 5 heteroatoms. The fourth-order valence-electron chi connectivity index (χ4n) is 4.07. The van der Waals surface area contributed by atoms with Gasteiger partial charge in [-0.1, -0.05) is 12.1 Å². The number of hydrogen-bond donors (Lipinski definition) is 1. The van der Waals surface area contributed by atoms with Crippen LogP contribution in [0.5, 0.6) is 5.75 Å². The molecule has 148 valence electrons. The first-order valence-electron chi connectivity index (χ1n) is 10.3. The van der Waals surface area contributed by atoms with E-state index in [2.05, 4.69) is 22.4 Å². The molecule has 1 amide bonds. The summed E-state index contributed by atoms with van der Waals surface area (Å²) in [5.74, 6) is 1.35. The Bertz CT molecular complexity index is 792. The van der Waals surface area contributed by atoms with Gasteiger partial charge in [-0.2, -0.15) is 0 Å². The molecule has 1 atom stereocenters. The molecule has 1 aromatic carbocycles. The van der Waals surface area contributed by atoms with E-state index in [1.54, 1.807) is 6.20 Å². The molecule has 1 aliphatic carbocycles. The highest BCUT2D eigenvalue weighted by molar-refractivity contribution is 5.94. The number of carbonyl (C=O) groups excluding carboxylic acids is 1. The first-order valence-corrected chi connectivity index (χ1v) is 10.3. The van der Waals surface area contributed by atoms with Gasteiger partial charge in [0, 0.05) is 30.3 Å². The third-order valence-corrected chi connectivity index (χ3v) is 5.84. The fourth-order valence-corrected chi connectivity index (χ4v) is 4.07. The van der Waals surface area contributed by atoms with Gasteiger partial charge in [0.2, 0.25) is 0 Å². The monoisotopic (exact) mass is 380 g/mol. The Hall–Kier alpha value is -2.40. The molecule has 1 N–H and O–H groups in total. The molecule has 5 nitrogen and oxygen atoms in total. The average molecular weight is 380 g/mol. The molecule has 2 fully saturated rings. The van der Waals surface area contributed by atoms with E-state index in [9.17, 15) is 4.79 Å². The number of ether oxygens (including phenoxy) is 2. The van der Waals surface area contributed by atoms with Crippen molar-refractivity contribution in [2.75, 3.05) is 13.2 Å². The molecule has 1 saturated heterocycles. The van der Waals surface area contributed by atoms with Crippen LogP contribution in [-0.2, 0) is 4.74 Å². The van der Waals surface area contributed by atoms with Gasteiger partial charge in [0.1, 0.15) is 5.75 Å². The lowest BCUT2D eigenvalue weighted by Gasteiger charge is -2.29. The van der Waals surface area contributed by atoms with Gasteiger partial charge >= 0.3 is 0 Å². The Morgan fingerprint density at radius 1 is 1.11 bits per heavy atom. The van der Waals surface area contributed by atoms with E-state index >= 15 is 0 Å². The van der Waals surface area contributed by atoms with Crippen molar-refractivity contribution >= 4 is 5.91 Å². The van der Waals surface area contributed by atoms with Crippen molar-refractivity contribution in [2.45, 2.75) is 57.1 Å². The van der Waals surface area contributed by atoms with Gasteiger partial charge in [-0.3, -0.25) is 9.78 Å². The van der Waals surface area contributed by atoms with Gasteiger partial charge in [0.15, 0.2) is 0 Å². The lowest BCUT2D eigenvalue weighted by molar-refractivity contribution is 0.0893. The zero-order chi connectivity index (χ0) is 19.3. The topological polar surface area (TPSA) is 60.5 Å². The molecule has 0 spiro atoms. The average Bonchev–Trinajstić information content (AvgIpc) is 3.26. The molecule has 2 aromatic rings. The quantitative estimate of drug-likeness (QED) is 0.851. The number of nitrogens with zero attached hydrogens (tertiary/aromatic N) is 1. The standard InChI is InChI=1S/C23H28N2O3/c1-16-22(3-2-13-24-16)28-21-10-8-20(9-11-21)25-23(26)18-6-4-17(5-7-18)19-12-14-27-15-19/h2-7,13,19-21H,8-12,14-15H2,1H3,(H,25,26). The van der Waals surface area contributed by atoms with Gasteiger partial charge in [0.05, 0.1) is 18.4 Å². The summed E-state index contributed by atoms with van der Waals surface area (Å²) in [6.07, 6.45) is 6.81. The maximum atomic E-state index is 12.6. The molecule has 0 bridgehead atoms. The molecule has 1 aromatic heterocycles. The van der Waals surface area contributed by atoms with E-state index < -0.39 is 0 Å². The van der Waals surface area contributed by atoms with E-state index in [4.69, 9.17) is 9.47 Å². The van der Waals surface area contributed by atoms with E-state index in [0.717, 1.165) is 62.3 Å². The Labute approximate surface area is 166 Å². The summed E-state index contributed by atoms with van der Waals surface area (Å²) in [7, 11) is 0. The number of benzene rings is 1. The molecule has 28 heavy (non-hydrogen) atoms. The second-order valence-electron chi connectivity index (χ2n) is 7.83. The van der Waals surface area contributed by atoms with Crippen LogP contribution >= 0.6 is 0 Å². The molecule has 0 radical (unpaired) electrons. The maximum Gasteiger partial charge on any atom is 0.251 e. The zero-order valence-corrected chi connectivity index (χ0v) is 16.4. The van der Waals surface area contributed by atoms with Gasteiger partial charge in [-0.25, -0.2) is 0 Å². The number of carbonyl (C=O) groups is 1. The summed E-state index contributed by atoms with van der Waals surface area (Å²) in [5.41, 5.74) is 2.91. The van der Waals surface area contributed by atoms with E-state index in [0.29, 0.717) is 5.92 Å². The molecule has 1 unspecified atom stereocenters. The van der Waals surface area contributed by atoms with Crippen LogP contribution in [0.4, 0.5) is 0 Å². The first kappa shape index (κ1) is 18.9. The van der Waals surface area contributed by atoms with Crippen LogP contribution in [0.15, 0.2) is 42.6 Å². The van der Waals surface area contributed by atoms with Crippen LogP contribution in [0.2, 0.25) is 0 Å². The number of amides is 1. The number of rotatable bonds is 5. The molecule has 2 heterocycles. The summed E-state index contributed by atoms with van der Waals surface area (Å²) < 4.78 is 11.5. The highest BCUT2D eigenvalue weighted by Gasteiger charge is 2.24. The van der Waals surface area contributed by atoms with Gasteiger partial charge in [0.25, 0.3) is 5.91 Å². The lowest BCUT2D eigenvalue weighted by Crippen LogP contribution is -2.39. The van der Waals surface area contributed by atoms with Gasteiger partial charge in [-0.15, -0.1) is 0 Å². The molecular weight excluding hydrogens is 352 g/mol. The second-order valence-corrected chi connectivity index (χ2v) is 7.83. The van der Waals surface area contributed by atoms with E-state index in [-0.39, 0.29) is 18.1 Å². The van der Waals surface area contributed by atoms with Crippen LogP contribution in [0.3, 0.4) is 0 Å². The van der Waals surface area contributed by atoms with Gasteiger partial charge in [-0.05, 0) is 68.9 Å². The van der Waals surface area contributed by atoms with Crippen molar-refractivity contribution < 1.29 is 14.3 Å². The minimum atomic E-state index is 0.0155. The molecular formula is C23H28N2O3. The minimum absolute atomic E-state index is 0.0155. The smallest absolute Gasteiger partial charge is 0.251 e. The minimum Gasteiger partial charge on any atom is -0.489 e. The van der Waals surface area contributed by atoms with Crippen molar-refractivity contribution in [1.82, 2.24) is 10.3 Å². The Balaban J connectivity index is 1.26. The van der Waals surface area contributed by atoms with Crippen molar-refractivity contribution in [3.05, 3.63) is 59.4 Å². The van der Waals surface area contributed by atoms with E-state index in [1.807, 2.05) is 31.2 Å². The summed E-state index contributed by atoms with van der Waals surface area (Å²) >= 11 is 0. The third-order valence-electron chi connectivity index (χ3n) is 5.84. The van der Waals surface area contributed by atoms with Crippen molar-refractivity contribution in [3.8, 4) is 5.75 Å². The maximum absolute atomic E-state index is 12.6. The SMILES string of the molecule is Cc1ncccc1OC1CCC(NC(=O)c2ccc(C3CCOC3)cc2)CC1. The zero-order valence-electron chi connectivity index (χ0n) is 16.4. The van der Waals surface area contributed by atoms with Crippen LogP contribution in [0, 0.1) is 6.92 Å². The van der Waals surface area contributed by atoms with Crippen molar-refractivity contribution in [2.24, 2.45) is 0 Å². The number of aryl methyl sites for hydroxylation is 1. The van der Waals surface area contributed by atoms with Gasteiger partial charge < -0.3 is 14.8 Å². The number of pyridine rings is 1. The van der Waals surface area contributed by atoms with E-state index in [1.165, 1.54) is 5.56 Å². The number of nitrogens with one attached hydrogen (secondary N) is 1. The van der Waals surface area contributed by atoms with Crippen molar-refractivity contribution in [1.29, 1.82) is 0 Å². The van der Waals surface area contributed by atoms with Crippen LogP contribution in [0.1, 0.15) is 59.6 Å². The molecule has 4 rings (SSSR count). The molecule has 1 aliphatic heterocycles. The van der Waals surface area contributed by atoms with Crippen LogP contribution in [0.25, 0.3) is 0 Å². The van der Waals surface area contributed by atoms with Crippen LogP contribution < -0.4 is 10.1 Å². The van der Waals surface area contributed by atoms with Crippen LogP contribution in [-0.4, -0.2) is 36.3 Å². The molecule has 1 saturated carbocycles. The summed E-state index contributed by atoms with van der Waals surface area (Å²) in [4.78, 5) is 16.9. The largest absolute Gasteiger partial charge is 0.489 e. The van der Waals surface area contributed by atoms with Crippen molar-refractivity contribution in [3.63, 3.8) is 0 Å². The highest BCUT2D eigenvalue weighted by atomic mass is 16.5. The summed E-state index contributed by atoms with van der Waals surface area (Å²) in [6.45, 7) is 3.58. The second kappa shape index (κ2) is 8.74. The normalized spacial score (nSPS) is 24.7. The molecule has 2 aliphatic rings. The number of aromatic nitrogens is 1. The summed E-state index contributed by atoms with van der Waals surface area (Å²) in [6, 6.07) is 12.1. The predicted molar refractivity (Wildman–Crippen MR) is 108 cm³/mol. The lowest BCUT2D eigenvalue weighted by atomic mass is 9.92. The fraction of sp³-hybridized carbons (Fsp3) is 0.478. The third kappa shape index (κ3) is 4.53. The summed E-state index contributed by atoms with van der Waals surface area (Å²) in [5, 5.41) is 3.19.